The number of aryl methyl sites for hydroxylation is 1. The summed E-state index contributed by atoms with van der Waals surface area (Å²) in [7, 11) is 1.56. The van der Waals surface area contributed by atoms with E-state index in [0.717, 1.165) is 52.2 Å². The van der Waals surface area contributed by atoms with Crippen molar-refractivity contribution in [2.75, 3.05) is 34.5 Å². The molecule has 0 bridgehead atoms. The molecule has 0 saturated carbocycles. The van der Waals surface area contributed by atoms with E-state index in [0.29, 0.717) is 46.3 Å². The molecule has 3 N–H and O–H groups in total. The number of methoxy groups -OCH3 is 1. The van der Waals surface area contributed by atoms with Gasteiger partial charge in [-0.3, -0.25) is 19.5 Å². The molecule has 260 valence electrons. The second kappa shape index (κ2) is 12.5. The number of nitrogens with two attached hydrogens (primary N) is 1. The minimum atomic E-state index is -0.148. The van der Waals surface area contributed by atoms with E-state index >= 15 is 0 Å². The molecule has 0 aliphatic carbocycles. The minimum Gasteiger partial charge on any atom is -0.493 e. The summed E-state index contributed by atoms with van der Waals surface area (Å²) < 4.78 is 18.3. The molecule has 0 aromatic heterocycles. The Morgan fingerprint density at radius 3 is 2.19 bits per heavy atom. The molecule has 5 aromatic carbocycles. The topological polar surface area (TPSA) is 119 Å². The maximum Gasteiger partial charge on any atom is 0.261 e. The number of carbonyl (C=O) groups is 2. The van der Waals surface area contributed by atoms with E-state index in [2.05, 4.69) is 17.4 Å². The van der Waals surface area contributed by atoms with Gasteiger partial charge in [-0.25, -0.2) is 0 Å². The fourth-order valence-electron chi connectivity index (χ4n) is 7.89. The van der Waals surface area contributed by atoms with Crippen molar-refractivity contribution in [3.05, 3.63) is 130 Å². The third-order valence-corrected chi connectivity index (χ3v) is 10.4. The van der Waals surface area contributed by atoms with Gasteiger partial charge in [0, 0.05) is 48.4 Å². The van der Waals surface area contributed by atoms with E-state index < -0.39 is 0 Å². The lowest BCUT2D eigenvalue weighted by atomic mass is 10.1. The molecule has 4 aliphatic heterocycles. The zero-order valence-corrected chi connectivity index (χ0v) is 28.9. The van der Waals surface area contributed by atoms with Gasteiger partial charge in [0.25, 0.3) is 11.8 Å². The number of nitrogens with zero attached hydrogens (tertiary/aromatic N) is 3. The molecule has 0 fully saturated rings. The number of hydrogen-bond donors (Lipinski definition) is 2. The number of hydrogen-bond acceptors (Lipinski definition) is 8. The Balaban J connectivity index is 0.909. The van der Waals surface area contributed by atoms with Crippen molar-refractivity contribution in [3.63, 3.8) is 0 Å². The fraction of sp³-hybridized carbons (Fsp3) is 0.214. The highest BCUT2D eigenvalue weighted by molar-refractivity contribution is 6.15. The third kappa shape index (κ3) is 5.38. The Hall–Kier alpha value is -6.29. The van der Waals surface area contributed by atoms with Crippen LogP contribution in [-0.2, 0) is 26.1 Å². The number of fused-ring (bicyclic) bond motifs is 8. The van der Waals surface area contributed by atoms with Crippen LogP contribution in [-0.4, -0.2) is 43.8 Å². The van der Waals surface area contributed by atoms with E-state index in [9.17, 15) is 9.59 Å². The average Bonchev–Trinajstić information content (AvgIpc) is 3.64. The molecule has 0 saturated heterocycles. The molecule has 4 heterocycles. The van der Waals surface area contributed by atoms with E-state index in [1.807, 2.05) is 89.7 Å². The van der Waals surface area contributed by atoms with Gasteiger partial charge < -0.3 is 30.2 Å². The van der Waals surface area contributed by atoms with E-state index in [4.69, 9.17) is 24.9 Å². The number of anilines is 4. The summed E-state index contributed by atoms with van der Waals surface area (Å²) in [6.07, 6.45) is 3.39. The predicted octanol–water partition coefficient (Wildman–Crippen LogP) is 7.03. The first-order valence-corrected chi connectivity index (χ1v) is 17.5. The van der Waals surface area contributed by atoms with Gasteiger partial charge in [-0.05, 0) is 83.6 Å². The first-order valence-electron chi connectivity index (χ1n) is 17.5. The number of ether oxygens (including phenoxy) is 3. The van der Waals surface area contributed by atoms with Crippen LogP contribution in [0, 0.1) is 6.92 Å². The van der Waals surface area contributed by atoms with E-state index in [1.165, 1.54) is 5.56 Å². The van der Waals surface area contributed by atoms with Crippen molar-refractivity contribution in [1.82, 2.24) is 0 Å². The van der Waals surface area contributed by atoms with Crippen LogP contribution in [0.4, 0.5) is 28.4 Å². The van der Waals surface area contributed by atoms with E-state index in [1.54, 1.807) is 19.2 Å². The lowest BCUT2D eigenvalue weighted by molar-refractivity contribution is 0.0977. The minimum absolute atomic E-state index is 0.000649. The third-order valence-electron chi connectivity index (χ3n) is 10.4. The maximum atomic E-state index is 13.8. The number of amides is 2. The van der Waals surface area contributed by atoms with Gasteiger partial charge in [0.2, 0.25) is 0 Å². The van der Waals surface area contributed by atoms with Crippen LogP contribution in [0.5, 0.6) is 17.2 Å². The van der Waals surface area contributed by atoms with Crippen LogP contribution in [0.25, 0.3) is 0 Å². The van der Waals surface area contributed by atoms with Crippen LogP contribution in [0.1, 0.15) is 48.5 Å². The molecule has 10 nitrogen and oxygen atoms in total. The van der Waals surface area contributed by atoms with Crippen LogP contribution in [0.3, 0.4) is 0 Å². The van der Waals surface area contributed by atoms with Gasteiger partial charge in [0.1, 0.15) is 19.0 Å². The Bertz CT molecular complexity index is 2320. The van der Waals surface area contributed by atoms with Gasteiger partial charge in [0.15, 0.2) is 11.5 Å². The normalized spacial score (nSPS) is 17.9. The summed E-state index contributed by atoms with van der Waals surface area (Å²) in [5.41, 5.74) is 16.1. The van der Waals surface area contributed by atoms with Gasteiger partial charge in [-0.1, -0.05) is 36.4 Å². The summed E-state index contributed by atoms with van der Waals surface area (Å²) in [5, 5.41) is 3.51. The molecular weight excluding hydrogens is 654 g/mol. The Morgan fingerprint density at radius 2 is 1.44 bits per heavy atom. The van der Waals surface area contributed by atoms with Crippen molar-refractivity contribution in [3.8, 4) is 17.2 Å². The molecule has 2 atom stereocenters. The zero-order valence-electron chi connectivity index (χ0n) is 28.9. The van der Waals surface area contributed by atoms with Crippen molar-refractivity contribution >= 4 is 46.5 Å². The van der Waals surface area contributed by atoms with Crippen molar-refractivity contribution in [1.29, 1.82) is 0 Å². The Labute approximate surface area is 301 Å². The van der Waals surface area contributed by atoms with Crippen molar-refractivity contribution < 1.29 is 23.8 Å². The SMILES string of the molecule is COc1cc2c(cc1OCc1cc(N)cc(COc3cc4c(cc3C)C(=O)N3c5ccccc5CC3CN4)c1)N=C[C@@H]1Cc3ccccc3N1C2=O. The summed E-state index contributed by atoms with van der Waals surface area (Å²) in [5.74, 6) is 1.48. The first-order chi connectivity index (χ1) is 25.3. The van der Waals surface area contributed by atoms with Crippen molar-refractivity contribution in [2.45, 2.75) is 45.1 Å². The quantitative estimate of drug-likeness (QED) is 0.176. The van der Waals surface area contributed by atoms with Crippen molar-refractivity contribution in [2.24, 2.45) is 4.99 Å². The summed E-state index contributed by atoms with van der Waals surface area (Å²) in [6.45, 7) is 3.08. The molecule has 5 aromatic rings. The highest BCUT2D eigenvalue weighted by Gasteiger charge is 2.38. The number of nitrogens with one attached hydrogen (secondary N) is 1. The highest BCUT2D eigenvalue weighted by atomic mass is 16.5. The molecule has 1 unspecified atom stereocenters. The predicted molar refractivity (Wildman–Crippen MR) is 202 cm³/mol. The summed E-state index contributed by atoms with van der Waals surface area (Å²) in [4.78, 5) is 36.0. The van der Waals surface area contributed by atoms with Gasteiger partial charge >= 0.3 is 0 Å². The second-order valence-electron chi connectivity index (χ2n) is 13.7. The standard InChI is InChI=1S/C42H37N5O5/c1-24-11-32-34(44-20-30-15-27-7-3-5-9-36(27)46(30)41(32)48)18-38(24)51-22-25-12-26(14-29(43)13-25)23-52-40-19-35-33(17-39(40)50-2)42(49)47-31(21-45-35)16-28-8-4-6-10-37(28)47/h3-14,17-19,21,30-31,44H,15-16,20,22-23,43H2,1-2H3/t30?,31-/m0/s1. The van der Waals surface area contributed by atoms with E-state index in [-0.39, 0.29) is 37.1 Å². The molecule has 10 heteroatoms. The molecule has 4 aliphatic rings. The number of carbonyl (C=O) groups excluding carboxylic acids is 2. The summed E-state index contributed by atoms with van der Waals surface area (Å²) in [6, 6.07) is 29.0. The fourth-order valence-corrected chi connectivity index (χ4v) is 7.89. The monoisotopic (exact) mass is 691 g/mol. The van der Waals surface area contributed by atoms with Crippen LogP contribution in [0.15, 0.2) is 96.0 Å². The average molecular weight is 692 g/mol. The van der Waals surface area contributed by atoms with Gasteiger partial charge in [-0.2, -0.15) is 0 Å². The number of benzene rings is 5. The molecule has 9 rings (SSSR count). The molecule has 52 heavy (non-hydrogen) atoms. The van der Waals surface area contributed by atoms with Crippen LogP contribution >= 0.6 is 0 Å². The Morgan fingerprint density at radius 1 is 0.769 bits per heavy atom. The first kappa shape index (κ1) is 31.7. The molecule has 2 amide bonds. The molecular formula is C42H37N5O5. The van der Waals surface area contributed by atoms with Gasteiger partial charge in [-0.15, -0.1) is 0 Å². The number of rotatable bonds is 7. The number of aliphatic imine (C=N–C) groups is 1. The largest absolute Gasteiger partial charge is 0.493 e. The smallest absolute Gasteiger partial charge is 0.261 e. The Kier molecular flexibility index (Phi) is 7.61. The lowest BCUT2D eigenvalue weighted by Gasteiger charge is -2.22. The maximum absolute atomic E-state index is 13.8. The number of para-hydroxylation sites is 2. The second-order valence-corrected chi connectivity index (χ2v) is 13.7. The lowest BCUT2D eigenvalue weighted by Crippen LogP contribution is -2.39. The number of nitrogen functional groups attached to an aromatic ring is 1. The molecule has 0 spiro atoms. The van der Waals surface area contributed by atoms with Crippen LogP contribution in [0.2, 0.25) is 0 Å². The zero-order chi connectivity index (χ0) is 35.5. The summed E-state index contributed by atoms with van der Waals surface area (Å²) >= 11 is 0. The highest BCUT2D eigenvalue weighted by Crippen LogP contribution is 2.42. The molecule has 0 radical (unpaired) electrons. The van der Waals surface area contributed by atoms with Gasteiger partial charge in [0.05, 0.1) is 41.7 Å². The van der Waals surface area contributed by atoms with Crippen LogP contribution < -0.4 is 35.1 Å².